The molecule has 0 saturated carbocycles. The number of aryl methyl sites for hydroxylation is 2. The van der Waals surface area contributed by atoms with Crippen molar-refractivity contribution in [1.29, 1.82) is 5.26 Å². The number of carbonyl (C=O) groups excluding carboxylic acids is 1. The fourth-order valence-electron chi connectivity index (χ4n) is 7.88. The average molecular weight is 665 g/mol. The Morgan fingerprint density at radius 3 is 2.69 bits per heavy atom. The van der Waals surface area contributed by atoms with E-state index in [1.807, 2.05) is 51.1 Å². The van der Waals surface area contributed by atoms with E-state index in [0.29, 0.717) is 51.6 Å². The van der Waals surface area contributed by atoms with Gasteiger partial charge in [0.1, 0.15) is 17.1 Å². The first kappa shape index (κ1) is 32.5. The van der Waals surface area contributed by atoms with Gasteiger partial charge in [-0.1, -0.05) is 36.1 Å². The zero-order valence-electron chi connectivity index (χ0n) is 28.1. The fraction of sp³-hybridized carbons (Fsp3) is 0.405. The summed E-state index contributed by atoms with van der Waals surface area (Å²) < 4.78 is 39.5. The Bertz CT molecular complexity index is 2180. The molecule has 3 aromatic heterocycles. The number of likely N-dealkylation sites (tertiary alicyclic amines) is 2. The highest BCUT2D eigenvalue weighted by molar-refractivity contribution is 6.08. The van der Waals surface area contributed by atoms with E-state index in [-0.39, 0.29) is 42.5 Å². The average Bonchev–Trinajstić information content (AvgIpc) is 3.73. The molecule has 5 aromatic rings. The predicted molar refractivity (Wildman–Crippen MR) is 183 cm³/mol. The number of fused-ring (bicyclic) bond motifs is 4. The summed E-state index contributed by atoms with van der Waals surface area (Å²) >= 11 is 0. The molecule has 2 saturated heterocycles. The SMILES string of the molecule is C=C(F)C(=O)N1CC[C@H](n2nnc3c(O[C@@H](C)[C@@H]4CCCN4C)nc4c(F)c(-c5c(C)ncc6ccccc56)c(C)cc4c32)C[C@H]1CC#N. The highest BCUT2D eigenvalue weighted by atomic mass is 19.1. The molecule has 10 nitrogen and oxygen atoms in total. The number of hydrogen-bond acceptors (Lipinski definition) is 8. The molecule has 1 amide bonds. The van der Waals surface area contributed by atoms with Gasteiger partial charge >= 0.3 is 0 Å². The molecule has 0 unspecified atom stereocenters. The summed E-state index contributed by atoms with van der Waals surface area (Å²) in [4.78, 5) is 25.7. The summed E-state index contributed by atoms with van der Waals surface area (Å²) in [6, 6.07) is 11.1. The van der Waals surface area contributed by atoms with Crippen LogP contribution in [0, 0.1) is 31.0 Å². The van der Waals surface area contributed by atoms with Crippen molar-refractivity contribution in [2.45, 2.75) is 77.1 Å². The van der Waals surface area contributed by atoms with Crippen LogP contribution in [0.15, 0.2) is 48.9 Å². The minimum Gasteiger partial charge on any atom is -0.471 e. The molecule has 49 heavy (non-hydrogen) atoms. The first-order valence-electron chi connectivity index (χ1n) is 16.7. The van der Waals surface area contributed by atoms with Gasteiger partial charge < -0.3 is 9.64 Å². The number of rotatable bonds is 7. The Morgan fingerprint density at radius 1 is 1.16 bits per heavy atom. The monoisotopic (exact) mass is 664 g/mol. The van der Waals surface area contributed by atoms with E-state index in [9.17, 15) is 14.4 Å². The zero-order chi connectivity index (χ0) is 34.6. The normalized spacial score (nSPS) is 20.6. The highest BCUT2D eigenvalue weighted by Gasteiger charge is 2.36. The van der Waals surface area contributed by atoms with E-state index < -0.39 is 23.6 Å². The van der Waals surface area contributed by atoms with Crippen molar-refractivity contribution in [2.24, 2.45) is 0 Å². The van der Waals surface area contributed by atoms with Gasteiger partial charge in [0, 0.05) is 52.4 Å². The molecule has 12 heteroatoms. The first-order valence-corrected chi connectivity index (χ1v) is 16.7. The number of ether oxygens (including phenoxy) is 1. The topological polar surface area (TPSA) is 113 Å². The molecule has 2 fully saturated rings. The van der Waals surface area contributed by atoms with Crippen LogP contribution in [0.3, 0.4) is 0 Å². The molecule has 4 atom stereocenters. The number of likely N-dealkylation sites (N-methyl/N-ethyl adjacent to an activating group) is 1. The second-order valence-electron chi connectivity index (χ2n) is 13.3. The molecule has 2 aromatic carbocycles. The Morgan fingerprint density at radius 2 is 1.96 bits per heavy atom. The minimum atomic E-state index is -1.06. The van der Waals surface area contributed by atoms with Crippen LogP contribution in [0.25, 0.3) is 43.8 Å². The van der Waals surface area contributed by atoms with E-state index in [2.05, 4.69) is 39.9 Å². The molecule has 7 rings (SSSR count). The van der Waals surface area contributed by atoms with Gasteiger partial charge in [-0.25, -0.2) is 18.4 Å². The van der Waals surface area contributed by atoms with Crippen LogP contribution in [0.5, 0.6) is 5.88 Å². The Balaban J connectivity index is 1.43. The molecule has 2 aliphatic heterocycles. The van der Waals surface area contributed by atoms with Crippen molar-refractivity contribution in [3.05, 3.63) is 66.0 Å². The third-order valence-corrected chi connectivity index (χ3v) is 10.3. The third kappa shape index (κ3) is 5.56. The van der Waals surface area contributed by atoms with Gasteiger partial charge in [-0.05, 0) is 77.1 Å². The lowest BCUT2D eigenvalue weighted by molar-refractivity contribution is -0.132. The Labute approximate surface area is 283 Å². The Kier molecular flexibility index (Phi) is 8.48. The maximum absolute atomic E-state index is 17.3. The number of aromatic nitrogens is 5. The largest absolute Gasteiger partial charge is 0.471 e. The lowest BCUT2D eigenvalue weighted by Crippen LogP contribution is -2.46. The lowest BCUT2D eigenvalue weighted by atomic mass is 9.92. The van der Waals surface area contributed by atoms with Gasteiger partial charge in [0.15, 0.2) is 17.2 Å². The summed E-state index contributed by atoms with van der Waals surface area (Å²) in [6.07, 6.45) is 4.32. The third-order valence-electron chi connectivity index (χ3n) is 10.3. The molecular weight excluding hydrogens is 626 g/mol. The van der Waals surface area contributed by atoms with E-state index >= 15 is 4.39 Å². The number of nitrogens with zero attached hydrogens (tertiary/aromatic N) is 8. The van der Waals surface area contributed by atoms with Gasteiger partial charge in [-0.15, -0.1) is 5.10 Å². The van der Waals surface area contributed by atoms with Gasteiger partial charge in [0.25, 0.3) is 5.91 Å². The molecule has 252 valence electrons. The summed E-state index contributed by atoms with van der Waals surface area (Å²) in [5.74, 6) is -2.18. The molecule has 0 spiro atoms. The van der Waals surface area contributed by atoms with Crippen molar-refractivity contribution < 1.29 is 18.3 Å². The van der Waals surface area contributed by atoms with Crippen molar-refractivity contribution >= 4 is 38.6 Å². The number of nitriles is 1. The van der Waals surface area contributed by atoms with Gasteiger partial charge in [0.2, 0.25) is 5.88 Å². The maximum Gasteiger partial charge on any atom is 0.282 e. The fourth-order valence-corrected chi connectivity index (χ4v) is 7.88. The molecule has 2 aliphatic rings. The zero-order valence-corrected chi connectivity index (χ0v) is 28.1. The van der Waals surface area contributed by atoms with Crippen LogP contribution in [0.1, 0.15) is 56.3 Å². The van der Waals surface area contributed by atoms with Crippen molar-refractivity contribution in [1.82, 2.24) is 34.8 Å². The number of carbonyl (C=O) groups is 1. The van der Waals surface area contributed by atoms with E-state index in [1.165, 1.54) is 4.90 Å². The number of piperidine rings is 1. The Hall–Kier alpha value is -5.02. The first-order chi connectivity index (χ1) is 23.6. The summed E-state index contributed by atoms with van der Waals surface area (Å²) in [5, 5.41) is 21.0. The van der Waals surface area contributed by atoms with E-state index in [0.717, 1.165) is 30.2 Å². The summed E-state index contributed by atoms with van der Waals surface area (Å²) in [7, 11) is 2.07. The van der Waals surface area contributed by atoms with Gasteiger partial charge in [0.05, 0.1) is 18.5 Å². The minimum absolute atomic E-state index is 0.0146. The van der Waals surface area contributed by atoms with Crippen molar-refractivity contribution in [2.75, 3.05) is 20.1 Å². The quantitative estimate of drug-likeness (QED) is 0.176. The van der Waals surface area contributed by atoms with Gasteiger partial charge in [-0.2, -0.15) is 5.26 Å². The molecule has 0 N–H and O–H groups in total. The number of hydrogen-bond donors (Lipinski definition) is 0. The molecular formula is C37H38F2N8O2. The smallest absolute Gasteiger partial charge is 0.282 e. The van der Waals surface area contributed by atoms with E-state index in [1.54, 1.807) is 10.9 Å². The summed E-state index contributed by atoms with van der Waals surface area (Å²) in [5.41, 5.74) is 3.61. The standard InChI is InChI=1S/C37H38F2N8O2/c1-20-17-28-33(32(39)30(20)31-22(3)41-19-24-9-6-7-10-27(24)31)42-36(49-23(4)29-11-8-15-45(29)5)34-35(28)47(44-43-34)26-13-16-46(37(48)21(2)38)25(18-26)12-14-40/h6-7,9-10,17,19,23,25-26,29H,2,8,11-13,15-16,18H2,1,3-5H3/t23-,25+,26-,29-/m0/s1. The van der Waals surface area contributed by atoms with Crippen LogP contribution in [0.2, 0.25) is 0 Å². The van der Waals surface area contributed by atoms with Crippen LogP contribution in [-0.2, 0) is 4.79 Å². The van der Waals surface area contributed by atoms with Crippen molar-refractivity contribution in [3.63, 3.8) is 0 Å². The number of pyridine rings is 2. The maximum atomic E-state index is 17.3. The second kappa shape index (κ2) is 12.8. The highest BCUT2D eigenvalue weighted by Crippen LogP contribution is 2.42. The van der Waals surface area contributed by atoms with Gasteiger partial charge in [-0.3, -0.25) is 14.7 Å². The van der Waals surface area contributed by atoms with E-state index in [4.69, 9.17) is 9.72 Å². The van der Waals surface area contributed by atoms with Crippen molar-refractivity contribution in [3.8, 4) is 23.1 Å². The van der Waals surface area contributed by atoms with Crippen LogP contribution >= 0.6 is 0 Å². The number of amides is 1. The summed E-state index contributed by atoms with van der Waals surface area (Å²) in [6.45, 7) is 10.1. The second-order valence-corrected chi connectivity index (χ2v) is 13.3. The molecule has 0 radical (unpaired) electrons. The lowest BCUT2D eigenvalue weighted by Gasteiger charge is -2.38. The van der Waals surface area contributed by atoms with Crippen LogP contribution < -0.4 is 4.74 Å². The number of benzene rings is 2. The number of halogens is 2. The van der Waals surface area contributed by atoms with Crippen LogP contribution in [-0.4, -0.2) is 79.0 Å². The molecule has 0 aliphatic carbocycles. The molecule has 0 bridgehead atoms. The molecule has 5 heterocycles. The van der Waals surface area contributed by atoms with Crippen LogP contribution in [0.4, 0.5) is 8.78 Å². The predicted octanol–water partition coefficient (Wildman–Crippen LogP) is 6.74.